The van der Waals surface area contributed by atoms with Crippen LogP contribution in [0.15, 0.2) is 84.9 Å². The van der Waals surface area contributed by atoms with Crippen LogP contribution in [0.25, 0.3) is 33.2 Å². The fourth-order valence-corrected chi connectivity index (χ4v) is 3.78. The van der Waals surface area contributed by atoms with Gasteiger partial charge >= 0.3 is 0 Å². The van der Waals surface area contributed by atoms with E-state index in [1.807, 2.05) is 36.4 Å². The van der Waals surface area contributed by atoms with Crippen LogP contribution in [-0.4, -0.2) is 4.57 Å². The van der Waals surface area contributed by atoms with Gasteiger partial charge in [0.15, 0.2) is 0 Å². The molecule has 1 aliphatic heterocycles. The molecule has 1 aromatic heterocycles. The lowest BCUT2D eigenvalue weighted by Crippen LogP contribution is -2.32. The van der Waals surface area contributed by atoms with Gasteiger partial charge in [0, 0.05) is 5.39 Å². The zero-order chi connectivity index (χ0) is 17.1. The average molecular weight is 334 g/mol. The fraction of sp³-hybridized carbons (Fsp3) is 0. The van der Waals surface area contributed by atoms with E-state index in [0.29, 0.717) is 0 Å². The maximum atomic E-state index is 6.36. The van der Waals surface area contributed by atoms with E-state index >= 15 is 0 Å². The summed E-state index contributed by atoms with van der Waals surface area (Å²) in [5, 5.41) is 2.28. The summed E-state index contributed by atoms with van der Waals surface area (Å²) >= 11 is 0. The van der Waals surface area contributed by atoms with E-state index in [0.717, 1.165) is 39.3 Å². The van der Waals surface area contributed by atoms with Crippen molar-refractivity contribution in [2.45, 2.75) is 0 Å². The van der Waals surface area contributed by atoms with Crippen LogP contribution in [0.5, 0.6) is 11.5 Å². The minimum atomic E-state index is 0.859. The molecule has 3 nitrogen and oxygen atoms in total. The standard InChI is InChI=1S/C23H14N2O/c1-2-8-17(9-3-1)24-15-25-20-14-13-16-7-4-5-10-18(16)23(20)26-21-12-6-11-19(24)22(21)25/h1-14H. The molecule has 0 N–H and O–H groups in total. The average Bonchev–Trinajstić information content (AvgIpc) is 3.10. The largest absolute Gasteiger partial charge is 0.464 e. The topological polar surface area (TPSA) is 18.0 Å². The Morgan fingerprint density at radius 3 is 2.54 bits per heavy atom. The number of nitrogens with zero attached hydrogens (tertiary/aromatic N) is 2. The Bertz CT molecular complexity index is 1300. The summed E-state index contributed by atoms with van der Waals surface area (Å²) in [6.45, 7) is 0. The highest BCUT2D eigenvalue weighted by Gasteiger charge is 2.24. The van der Waals surface area contributed by atoms with E-state index in [4.69, 9.17) is 4.74 Å². The van der Waals surface area contributed by atoms with Crippen molar-refractivity contribution in [2.24, 2.45) is 0 Å². The highest BCUT2D eigenvalue weighted by Crippen LogP contribution is 2.40. The number of fused-ring (bicyclic) bond motifs is 4. The Kier molecular flexibility index (Phi) is 2.61. The number of para-hydroxylation sites is 2. The van der Waals surface area contributed by atoms with Gasteiger partial charge in [0.1, 0.15) is 22.7 Å². The van der Waals surface area contributed by atoms with Crippen molar-refractivity contribution >= 4 is 21.8 Å². The monoisotopic (exact) mass is 334 g/mol. The van der Waals surface area contributed by atoms with Crippen LogP contribution in [0.2, 0.25) is 0 Å². The molecule has 0 bridgehead atoms. The first-order valence-electron chi connectivity index (χ1n) is 8.64. The third-order valence-electron chi connectivity index (χ3n) is 4.97. The summed E-state index contributed by atoms with van der Waals surface area (Å²) in [5.74, 6) is 1.74. The normalized spacial score (nSPS) is 12.2. The van der Waals surface area contributed by atoms with Crippen molar-refractivity contribution in [1.29, 1.82) is 0 Å². The Balaban J connectivity index is 1.73. The smallest absolute Gasteiger partial charge is 0.270 e. The molecule has 5 aromatic rings. The summed E-state index contributed by atoms with van der Waals surface area (Å²) in [6.07, 6.45) is 3.52. The molecule has 2 heterocycles. The van der Waals surface area contributed by atoms with Crippen LogP contribution in [0.1, 0.15) is 0 Å². The van der Waals surface area contributed by atoms with Gasteiger partial charge in [-0.3, -0.25) is 9.13 Å². The molecule has 0 aliphatic carbocycles. The first-order chi connectivity index (χ1) is 12.9. The van der Waals surface area contributed by atoms with Crippen molar-refractivity contribution in [2.75, 3.05) is 0 Å². The molecule has 26 heavy (non-hydrogen) atoms. The second-order valence-electron chi connectivity index (χ2n) is 6.47. The van der Waals surface area contributed by atoms with Gasteiger partial charge in [0.25, 0.3) is 6.33 Å². The van der Waals surface area contributed by atoms with E-state index in [1.54, 1.807) is 0 Å². The lowest BCUT2D eigenvalue weighted by Gasteiger charge is -2.21. The molecule has 1 aliphatic rings. The van der Waals surface area contributed by atoms with Gasteiger partial charge in [-0.1, -0.05) is 60.7 Å². The fourth-order valence-electron chi connectivity index (χ4n) is 3.78. The summed E-state index contributed by atoms with van der Waals surface area (Å²) in [6, 6.07) is 29.0. The molecule has 0 spiro atoms. The maximum Gasteiger partial charge on any atom is 0.270 e. The van der Waals surface area contributed by atoms with E-state index in [9.17, 15) is 0 Å². The first kappa shape index (κ1) is 13.7. The Labute approximate surface area is 150 Å². The van der Waals surface area contributed by atoms with Crippen LogP contribution >= 0.6 is 0 Å². The minimum absolute atomic E-state index is 0.859. The summed E-state index contributed by atoms with van der Waals surface area (Å²) in [5.41, 5.74) is 4.21. The Morgan fingerprint density at radius 2 is 1.62 bits per heavy atom. The Morgan fingerprint density at radius 1 is 0.769 bits per heavy atom. The van der Waals surface area contributed by atoms with Crippen LogP contribution in [-0.2, 0) is 0 Å². The van der Waals surface area contributed by atoms with E-state index < -0.39 is 0 Å². The lowest BCUT2D eigenvalue weighted by atomic mass is 10.1. The third-order valence-corrected chi connectivity index (χ3v) is 4.97. The molecular weight excluding hydrogens is 320 g/mol. The zero-order valence-corrected chi connectivity index (χ0v) is 13.9. The third kappa shape index (κ3) is 1.74. The van der Waals surface area contributed by atoms with Crippen molar-refractivity contribution < 1.29 is 9.30 Å². The molecule has 0 amide bonds. The van der Waals surface area contributed by atoms with E-state index in [-0.39, 0.29) is 0 Å². The molecular formula is C23H14N2O. The molecule has 6 rings (SSSR count). The van der Waals surface area contributed by atoms with Gasteiger partial charge in [-0.05, 0) is 29.7 Å². The molecule has 122 valence electrons. The number of imidazole rings is 1. The highest BCUT2D eigenvalue weighted by atomic mass is 16.5. The molecule has 0 fully saturated rings. The van der Waals surface area contributed by atoms with Crippen LogP contribution < -0.4 is 9.30 Å². The second kappa shape index (κ2) is 4.96. The zero-order valence-electron chi connectivity index (χ0n) is 13.9. The lowest BCUT2D eigenvalue weighted by molar-refractivity contribution is -0.575. The summed E-state index contributed by atoms with van der Waals surface area (Å²) < 4.78 is 10.6. The van der Waals surface area contributed by atoms with Gasteiger partial charge in [-0.2, -0.15) is 0 Å². The predicted octanol–water partition coefficient (Wildman–Crippen LogP) is 4.97. The number of ether oxygens (including phenoxy) is 1. The number of hydrogen-bond acceptors (Lipinski definition) is 1. The van der Waals surface area contributed by atoms with Gasteiger partial charge in [0.2, 0.25) is 0 Å². The van der Waals surface area contributed by atoms with Gasteiger partial charge in [0.05, 0.1) is 11.2 Å². The van der Waals surface area contributed by atoms with Crippen LogP contribution in [0.3, 0.4) is 0 Å². The number of benzene rings is 4. The predicted molar refractivity (Wildman–Crippen MR) is 101 cm³/mol. The van der Waals surface area contributed by atoms with Crippen LogP contribution in [0.4, 0.5) is 0 Å². The molecule has 4 aromatic carbocycles. The first-order valence-corrected chi connectivity index (χ1v) is 8.64. The molecule has 0 saturated carbocycles. The van der Waals surface area contributed by atoms with Gasteiger partial charge in [-0.25, -0.2) is 0 Å². The maximum absolute atomic E-state index is 6.36. The van der Waals surface area contributed by atoms with Crippen molar-refractivity contribution in [3.63, 3.8) is 0 Å². The van der Waals surface area contributed by atoms with Crippen molar-refractivity contribution in [3.8, 4) is 22.9 Å². The van der Waals surface area contributed by atoms with Crippen molar-refractivity contribution in [3.05, 3.63) is 91.3 Å². The Hall–Kier alpha value is -3.59. The minimum Gasteiger partial charge on any atom is -0.464 e. The van der Waals surface area contributed by atoms with Gasteiger partial charge in [-0.15, -0.1) is 0 Å². The SMILES string of the molecule is [c-]1n(-c2ccccc2)c2cccc3c2[n+]1-c1ccc2ccccc2c1O3. The van der Waals surface area contributed by atoms with E-state index in [1.165, 1.54) is 5.39 Å². The molecule has 0 atom stereocenters. The van der Waals surface area contributed by atoms with Crippen molar-refractivity contribution in [1.82, 2.24) is 4.57 Å². The summed E-state index contributed by atoms with van der Waals surface area (Å²) in [4.78, 5) is 0. The second-order valence-corrected chi connectivity index (χ2v) is 6.47. The summed E-state index contributed by atoms with van der Waals surface area (Å²) in [7, 11) is 0. The van der Waals surface area contributed by atoms with Gasteiger partial charge < -0.3 is 4.74 Å². The number of rotatable bonds is 1. The molecule has 3 heteroatoms. The highest BCUT2D eigenvalue weighted by molar-refractivity contribution is 5.93. The quantitative estimate of drug-likeness (QED) is 0.307. The molecule has 0 radical (unpaired) electrons. The van der Waals surface area contributed by atoms with Crippen LogP contribution in [0, 0.1) is 6.33 Å². The number of aromatic nitrogens is 2. The number of hydrogen-bond donors (Lipinski definition) is 0. The molecule has 0 unspecified atom stereocenters. The van der Waals surface area contributed by atoms with E-state index in [2.05, 4.69) is 64.0 Å². The molecule has 0 saturated heterocycles.